The summed E-state index contributed by atoms with van der Waals surface area (Å²) in [6.07, 6.45) is 2.52. The van der Waals surface area contributed by atoms with Crippen molar-refractivity contribution in [3.63, 3.8) is 0 Å². The van der Waals surface area contributed by atoms with E-state index in [0.29, 0.717) is 6.54 Å². The molecule has 10 heteroatoms. The molecule has 4 aromatic rings. The van der Waals surface area contributed by atoms with E-state index in [1.54, 1.807) is 35.0 Å². The molecule has 0 amide bonds. The largest absolute Gasteiger partial charge is 0.340 e. The fourth-order valence-electron chi connectivity index (χ4n) is 3.58. The molecule has 2 heterocycles. The minimum Gasteiger partial charge on any atom is -0.340 e. The maximum Gasteiger partial charge on any atom is 0.240 e. The summed E-state index contributed by atoms with van der Waals surface area (Å²) in [6, 6.07) is 18.6. The molecule has 0 unspecified atom stereocenters. The first-order chi connectivity index (χ1) is 16.4. The maximum absolute atomic E-state index is 12.6. The molecule has 0 aliphatic carbocycles. The summed E-state index contributed by atoms with van der Waals surface area (Å²) in [6.45, 7) is 3.17. The van der Waals surface area contributed by atoms with Gasteiger partial charge >= 0.3 is 0 Å². The second-order valence-corrected chi connectivity index (χ2v) is 9.99. The number of sulfonamides is 1. The van der Waals surface area contributed by atoms with Gasteiger partial charge in [0.05, 0.1) is 10.6 Å². The summed E-state index contributed by atoms with van der Waals surface area (Å²) in [5.41, 5.74) is 4.24. The van der Waals surface area contributed by atoms with Gasteiger partial charge in [-0.2, -0.15) is 9.61 Å². The number of fused-ring (bicyclic) bond motifs is 1. The van der Waals surface area contributed by atoms with Crippen LogP contribution in [0.2, 0.25) is 6.82 Å². The summed E-state index contributed by atoms with van der Waals surface area (Å²) in [4.78, 5) is 7.06. The molecule has 2 aromatic carbocycles. The highest BCUT2D eigenvalue weighted by Crippen LogP contribution is 2.24. The molecule has 8 nitrogen and oxygen atoms in total. The highest BCUT2D eigenvalue weighted by atomic mass is 32.2. The van der Waals surface area contributed by atoms with Gasteiger partial charge in [-0.25, -0.2) is 18.1 Å². The zero-order chi connectivity index (χ0) is 24.1. The van der Waals surface area contributed by atoms with Crippen molar-refractivity contribution in [3.8, 4) is 11.3 Å². The van der Waals surface area contributed by atoms with Crippen molar-refractivity contribution in [2.75, 3.05) is 32.5 Å². The lowest BCUT2D eigenvalue weighted by atomic mass is 9.75. The Bertz CT molecular complexity index is 1360. The Hall–Kier alpha value is -3.21. The van der Waals surface area contributed by atoms with Gasteiger partial charge in [-0.1, -0.05) is 37.2 Å². The number of hydrogen-bond acceptors (Lipinski definition) is 6. The number of nitrogens with one attached hydrogen (secondary N) is 2. The third-order valence-corrected chi connectivity index (χ3v) is 6.87. The maximum atomic E-state index is 12.6. The SMILES string of the molecule is C[B]c1cnn2c(Nc3ccc(S(=O)(=O)NCCCN(C)C)cc3)cc(-c3ccccc3)nc12. The smallest absolute Gasteiger partial charge is 0.240 e. The van der Waals surface area contributed by atoms with Crippen molar-refractivity contribution in [3.05, 3.63) is 66.9 Å². The number of rotatable bonds is 10. The van der Waals surface area contributed by atoms with Gasteiger partial charge in [0.15, 0.2) is 12.9 Å². The van der Waals surface area contributed by atoms with Gasteiger partial charge in [0.2, 0.25) is 10.0 Å². The zero-order valence-electron chi connectivity index (χ0n) is 19.6. The van der Waals surface area contributed by atoms with Crippen molar-refractivity contribution in [2.45, 2.75) is 18.1 Å². The molecule has 34 heavy (non-hydrogen) atoms. The first kappa shape index (κ1) is 23.9. The Morgan fingerprint density at radius 2 is 1.79 bits per heavy atom. The van der Waals surface area contributed by atoms with Crippen LogP contribution in [-0.2, 0) is 10.0 Å². The molecule has 0 aliphatic rings. The van der Waals surface area contributed by atoms with Crippen LogP contribution >= 0.6 is 0 Å². The van der Waals surface area contributed by atoms with Crippen LogP contribution in [0.25, 0.3) is 16.9 Å². The molecular formula is C24H28BN6O2S. The fraction of sp³-hybridized carbons (Fsp3) is 0.250. The van der Waals surface area contributed by atoms with E-state index >= 15 is 0 Å². The first-order valence-electron chi connectivity index (χ1n) is 11.1. The monoisotopic (exact) mass is 475 g/mol. The minimum atomic E-state index is -3.55. The van der Waals surface area contributed by atoms with Crippen LogP contribution in [0.15, 0.2) is 71.8 Å². The van der Waals surface area contributed by atoms with Crippen LogP contribution in [0, 0.1) is 0 Å². The number of anilines is 2. The van der Waals surface area contributed by atoms with Crippen LogP contribution in [0.4, 0.5) is 11.5 Å². The lowest BCUT2D eigenvalue weighted by Crippen LogP contribution is -2.27. The normalized spacial score (nSPS) is 11.8. The molecule has 0 saturated heterocycles. The van der Waals surface area contributed by atoms with Gasteiger partial charge in [-0.15, -0.1) is 0 Å². The zero-order valence-corrected chi connectivity index (χ0v) is 20.4. The first-order valence-corrected chi connectivity index (χ1v) is 12.6. The van der Waals surface area contributed by atoms with Crippen LogP contribution < -0.4 is 15.5 Å². The Labute approximate surface area is 201 Å². The highest BCUT2D eigenvalue weighted by Gasteiger charge is 2.15. The third kappa shape index (κ3) is 5.47. The van der Waals surface area contributed by atoms with Crippen LogP contribution in [0.5, 0.6) is 0 Å². The van der Waals surface area contributed by atoms with Crippen molar-refractivity contribution in [1.82, 2.24) is 24.2 Å². The third-order valence-electron chi connectivity index (χ3n) is 5.39. The van der Waals surface area contributed by atoms with E-state index in [9.17, 15) is 8.42 Å². The standard InChI is InChI=1S/C24H28BN6O2S/c1-25-21-17-26-31-23(16-22(29-24(21)31)18-8-5-4-6-9-18)28-19-10-12-20(13-11-19)34(32,33)27-14-7-15-30(2)3/h4-6,8-13,16-17,27-28H,7,14-15H2,1-3H3. The average Bonchev–Trinajstić information content (AvgIpc) is 3.26. The van der Waals surface area contributed by atoms with Gasteiger partial charge in [-0.3, -0.25) is 0 Å². The van der Waals surface area contributed by atoms with E-state index in [1.807, 2.05) is 69.5 Å². The molecule has 0 saturated carbocycles. The minimum absolute atomic E-state index is 0.231. The van der Waals surface area contributed by atoms with Crippen LogP contribution in [0.3, 0.4) is 0 Å². The number of hydrogen-bond donors (Lipinski definition) is 2. The molecule has 4 rings (SSSR count). The molecule has 0 bridgehead atoms. The van der Waals surface area contributed by atoms with E-state index in [4.69, 9.17) is 4.98 Å². The number of nitrogens with zero attached hydrogens (tertiary/aromatic N) is 4. The Balaban J connectivity index is 1.58. The topological polar surface area (TPSA) is 91.6 Å². The van der Waals surface area contributed by atoms with E-state index in [-0.39, 0.29) is 4.90 Å². The van der Waals surface area contributed by atoms with Crippen molar-refractivity contribution in [2.24, 2.45) is 0 Å². The molecule has 1 radical (unpaired) electrons. The molecule has 2 N–H and O–H groups in total. The molecule has 175 valence electrons. The second kappa shape index (κ2) is 10.4. The Kier molecular flexibility index (Phi) is 7.30. The number of aromatic nitrogens is 3. The lowest BCUT2D eigenvalue weighted by molar-refractivity contribution is 0.400. The van der Waals surface area contributed by atoms with Gasteiger partial charge < -0.3 is 10.2 Å². The van der Waals surface area contributed by atoms with Crippen LogP contribution in [0.1, 0.15) is 6.42 Å². The van der Waals surface area contributed by atoms with Crippen molar-refractivity contribution < 1.29 is 8.42 Å². The molecule has 2 aromatic heterocycles. The van der Waals surface area contributed by atoms with Crippen molar-refractivity contribution in [1.29, 1.82) is 0 Å². The fourth-order valence-corrected chi connectivity index (χ4v) is 4.65. The second-order valence-electron chi connectivity index (χ2n) is 8.22. The van der Waals surface area contributed by atoms with Gasteiger partial charge in [0.25, 0.3) is 0 Å². The summed E-state index contributed by atoms with van der Waals surface area (Å²) in [5.74, 6) is 0.731. The molecule has 0 aliphatic heterocycles. The summed E-state index contributed by atoms with van der Waals surface area (Å²) in [5, 5.41) is 7.85. The predicted molar refractivity (Wildman–Crippen MR) is 138 cm³/mol. The highest BCUT2D eigenvalue weighted by molar-refractivity contribution is 7.89. The summed E-state index contributed by atoms with van der Waals surface area (Å²) < 4.78 is 29.6. The molecule has 0 fully saturated rings. The average molecular weight is 475 g/mol. The quantitative estimate of drug-likeness (QED) is 0.271. The lowest BCUT2D eigenvalue weighted by Gasteiger charge is -2.13. The van der Waals surface area contributed by atoms with E-state index < -0.39 is 10.0 Å². The van der Waals surface area contributed by atoms with Gasteiger partial charge in [-0.05, 0) is 56.8 Å². The summed E-state index contributed by atoms with van der Waals surface area (Å²) >= 11 is 0. The summed E-state index contributed by atoms with van der Waals surface area (Å²) in [7, 11) is 2.34. The predicted octanol–water partition coefficient (Wildman–Crippen LogP) is 2.75. The molecule has 0 spiro atoms. The van der Waals surface area contributed by atoms with E-state index in [1.165, 1.54) is 0 Å². The molecular weight excluding hydrogens is 447 g/mol. The van der Waals surface area contributed by atoms with E-state index in [0.717, 1.165) is 46.8 Å². The molecule has 0 atom stereocenters. The Morgan fingerprint density at radius 1 is 1.06 bits per heavy atom. The van der Waals surface area contributed by atoms with Crippen molar-refractivity contribution >= 4 is 39.9 Å². The Morgan fingerprint density at radius 3 is 2.47 bits per heavy atom. The van der Waals surface area contributed by atoms with Crippen LogP contribution in [-0.4, -0.2) is 62.4 Å². The number of benzene rings is 2. The van der Waals surface area contributed by atoms with Gasteiger partial charge in [0, 0.05) is 30.1 Å². The van der Waals surface area contributed by atoms with Gasteiger partial charge in [0.1, 0.15) is 5.82 Å². The van der Waals surface area contributed by atoms with E-state index in [2.05, 4.69) is 15.1 Å².